The van der Waals surface area contributed by atoms with Crippen LogP contribution in [0.5, 0.6) is 0 Å². The zero-order valence-corrected chi connectivity index (χ0v) is 13.2. The molecule has 3 aromatic heterocycles. The summed E-state index contributed by atoms with van der Waals surface area (Å²) in [7, 11) is 0. The largest absolute Gasteiger partial charge is 0.419 e. The Morgan fingerprint density at radius 1 is 1.16 bits per heavy atom. The Morgan fingerprint density at radius 3 is 2.72 bits per heavy atom. The lowest BCUT2D eigenvalue weighted by molar-refractivity contribution is 0.0855. The van der Waals surface area contributed by atoms with Crippen molar-refractivity contribution in [3.8, 4) is 0 Å². The lowest BCUT2D eigenvalue weighted by Crippen LogP contribution is -2.33. The van der Waals surface area contributed by atoms with Gasteiger partial charge in [0, 0.05) is 17.8 Å². The molecule has 0 aromatic carbocycles. The van der Waals surface area contributed by atoms with E-state index in [2.05, 4.69) is 19.9 Å². The highest BCUT2D eigenvalue weighted by Crippen LogP contribution is 2.35. The van der Waals surface area contributed by atoms with E-state index < -0.39 is 18.2 Å². The maximum atomic E-state index is 12.7. The van der Waals surface area contributed by atoms with Crippen molar-refractivity contribution in [1.82, 2.24) is 19.9 Å². The van der Waals surface area contributed by atoms with Gasteiger partial charge in [-0.1, -0.05) is 11.6 Å². The molecule has 0 saturated heterocycles. The summed E-state index contributed by atoms with van der Waals surface area (Å²) in [6, 6.07) is 6.70. The number of hydrogen-bond acceptors (Lipinski definition) is 7. The zero-order chi connectivity index (χ0) is 17.6. The van der Waals surface area contributed by atoms with Crippen LogP contribution in [0, 0.1) is 0 Å². The number of halogens is 1. The van der Waals surface area contributed by atoms with Crippen LogP contribution in [-0.2, 0) is 4.74 Å². The molecule has 0 aliphatic carbocycles. The standard InChI is InChI=1S/C15H9ClN6O3/c16-8-3-1-7-2-4-9(21-12(7)20-8)22-13(23)10-11(19-6-5-18-10)14(22)25-15(17)24/h1-6,14H,(H2,17,24). The number of anilines is 1. The summed E-state index contributed by atoms with van der Waals surface area (Å²) in [6.45, 7) is 0. The Hall–Kier alpha value is -3.33. The van der Waals surface area contributed by atoms with Crippen LogP contribution < -0.4 is 10.6 Å². The Kier molecular flexibility index (Phi) is 3.43. The monoisotopic (exact) mass is 356 g/mol. The number of carbonyl (C=O) groups is 2. The molecule has 4 rings (SSSR count). The van der Waals surface area contributed by atoms with Gasteiger partial charge >= 0.3 is 6.09 Å². The zero-order valence-electron chi connectivity index (χ0n) is 12.5. The number of carbonyl (C=O) groups excluding carboxylic acids is 2. The molecule has 1 atom stereocenters. The van der Waals surface area contributed by atoms with Gasteiger partial charge < -0.3 is 10.5 Å². The fourth-order valence-electron chi connectivity index (χ4n) is 2.58. The van der Waals surface area contributed by atoms with E-state index in [-0.39, 0.29) is 22.4 Å². The van der Waals surface area contributed by atoms with Crippen molar-refractivity contribution >= 4 is 40.5 Å². The molecule has 1 unspecified atom stereocenters. The van der Waals surface area contributed by atoms with Gasteiger partial charge in [0.1, 0.15) is 16.7 Å². The normalized spacial score (nSPS) is 16.1. The second-order valence-corrected chi connectivity index (χ2v) is 5.49. The van der Waals surface area contributed by atoms with Gasteiger partial charge in [0.05, 0.1) is 0 Å². The third-order valence-electron chi connectivity index (χ3n) is 3.59. The van der Waals surface area contributed by atoms with Crippen molar-refractivity contribution in [2.24, 2.45) is 5.73 Å². The van der Waals surface area contributed by atoms with Crippen LogP contribution in [0.2, 0.25) is 5.15 Å². The maximum absolute atomic E-state index is 12.7. The molecule has 1 aliphatic rings. The summed E-state index contributed by atoms with van der Waals surface area (Å²) in [4.78, 5) is 41.6. The minimum Gasteiger partial charge on any atom is -0.419 e. The molecule has 10 heteroatoms. The van der Waals surface area contributed by atoms with Crippen LogP contribution >= 0.6 is 11.6 Å². The fraction of sp³-hybridized carbons (Fsp3) is 0.0667. The highest BCUT2D eigenvalue weighted by atomic mass is 35.5. The van der Waals surface area contributed by atoms with Gasteiger partial charge in [0.25, 0.3) is 5.91 Å². The van der Waals surface area contributed by atoms with E-state index in [0.29, 0.717) is 5.65 Å². The van der Waals surface area contributed by atoms with Gasteiger partial charge in [-0.15, -0.1) is 0 Å². The molecule has 0 saturated carbocycles. The van der Waals surface area contributed by atoms with E-state index in [1.807, 2.05) is 0 Å². The number of nitrogens with zero attached hydrogens (tertiary/aromatic N) is 5. The van der Waals surface area contributed by atoms with Crippen molar-refractivity contribution in [3.05, 3.63) is 53.2 Å². The predicted octanol–water partition coefficient (Wildman–Crippen LogP) is 1.83. The first-order valence-electron chi connectivity index (χ1n) is 7.08. The van der Waals surface area contributed by atoms with Crippen molar-refractivity contribution in [3.63, 3.8) is 0 Å². The SMILES string of the molecule is NC(=O)OC1c2nccnc2C(=O)N1c1ccc2ccc(Cl)nc2n1. The third kappa shape index (κ3) is 2.50. The summed E-state index contributed by atoms with van der Waals surface area (Å²) in [5.74, 6) is -0.304. The Balaban J connectivity index is 1.85. The minimum absolute atomic E-state index is 0.0645. The summed E-state index contributed by atoms with van der Waals surface area (Å²) in [6.07, 6.45) is 0.555. The Morgan fingerprint density at radius 2 is 1.92 bits per heavy atom. The van der Waals surface area contributed by atoms with Crippen LogP contribution in [0.15, 0.2) is 36.7 Å². The smallest absolute Gasteiger partial charge is 0.406 e. The molecule has 3 aromatic rings. The molecule has 124 valence electrons. The number of rotatable bonds is 2. The highest BCUT2D eigenvalue weighted by molar-refractivity contribution is 6.29. The molecular formula is C15H9ClN6O3. The first-order valence-corrected chi connectivity index (χ1v) is 7.46. The molecule has 0 radical (unpaired) electrons. The van der Waals surface area contributed by atoms with Gasteiger partial charge in [-0.2, -0.15) is 0 Å². The van der Waals surface area contributed by atoms with E-state index in [9.17, 15) is 9.59 Å². The average molecular weight is 357 g/mol. The van der Waals surface area contributed by atoms with Crippen LogP contribution in [0.1, 0.15) is 22.4 Å². The maximum Gasteiger partial charge on any atom is 0.406 e. The first-order chi connectivity index (χ1) is 12.0. The third-order valence-corrected chi connectivity index (χ3v) is 3.81. The number of hydrogen-bond donors (Lipinski definition) is 1. The van der Waals surface area contributed by atoms with E-state index >= 15 is 0 Å². The summed E-state index contributed by atoms with van der Waals surface area (Å²) < 4.78 is 5.07. The number of pyridine rings is 2. The second kappa shape index (κ2) is 5.64. The van der Waals surface area contributed by atoms with Gasteiger partial charge in [0.2, 0.25) is 6.23 Å². The van der Waals surface area contributed by atoms with E-state index in [4.69, 9.17) is 22.1 Å². The molecular weight excluding hydrogens is 348 g/mol. The van der Waals surface area contributed by atoms with Gasteiger partial charge in [-0.25, -0.2) is 24.6 Å². The number of fused-ring (bicyclic) bond motifs is 2. The van der Waals surface area contributed by atoms with Crippen LogP contribution in [0.3, 0.4) is 0 Å². The quantitative estimate of drug-likeness (QED) is 0.694. The van der Waals surface area contributed by atoms with E-state index in [0.717, 1.165) is 10.3 Å². The first kappa shape index (κ1) is 15.2. The highest BCUT2D eigenvalue weighted by Gasteiger charge is 2.43. The van der Waals surface area contributed by atoms with Gasteiger partial charge in [0.15, 0.2) is 11.3 Å². The van der Waals surface area contributed by atoms with Crippen LogP contribution in [0.4, 0.5) is 10.6 Å². The number of amides is 2. The van der Waals surface area contributed by atoms with Crippen LogP contribution in [0.25, 0.3) is 11.0 Å². The van der Waals surface area contributed by atoms with Gasteiger partial charge in [-0.05, 0) is 24.3 Å². The lowest BCUT2D eigenvalue weighted by atomic mass is 10.3. The van der Waals surface area contributed by atoms with Crippen molar-refractivity contribution in [1.29, 1.82) is 0 Å². The molecule has 0 fully saturated rings. The molecule has 4 heterocycles. The van der Waals surface area contributed by atoms with Crippen LogP contribution in [-0.4, -0.2) is 31.9 Å². The van der Waals surface area contributed by atoms with Gasteiger partial charge in [-0.3, -0.25) is 9.78 Å². The molecule has 0 bridgehead atoms. The minimum atomic E-state index is -1.15. The van der Waals surface area contributed by atoms with Crippen molar-refractivity contribution in [2.75, 3.05) is 4.90 Å². The summed E-state index contributed by atoms with van der Waals surface area (Å²) in [5.41, 5.74) is 5.72. The lowest BCUT2D eigenvalue weighted by Gasteiger charge is -2.22. The average Bonchev–Trinajstić information content (AvgIpc) is 2.86. The number of nitrogens with two attached hydrogens (primary N) is 1. The van der Waals surface area contributed by atoms with Crippen molar-refractivity contribution < 1.29 is 14.3 Å². The molecule has 9 nitrogen and oxygen atoms in total. The number of aromatic nitrogens is 4. The molecule has 2 amide bonds. The molecule has 2 N–H and O–H groups in total. The predicted molar refractivity (Wildman–Crippen MR) is 86.8 cm³/mol. The Labute approximate surface area is 145 Å². The molecule has 1 aliphatic heterocycles. The summed E-state index contributed by atoms with van der Waals surface area (Å²) in [5, 5.41) is 1.00. The Bertz CT molecular complexity index is 1030. The second-order valence-electron chi connectivity index (χ2n) is 5.10. The van der Waals surface area contributed by atoms with Crippen molar-refractivity contribution in [2.45, 2.75) is 6.23 Å². The summed E-state index contributed by atoms with van der Waals surface area (Å²) >= 11 is 5.89. The topological polar surface area (TPSA) is 124 Å². The fourth-order valence-corrected chi connectivity index (χ4v) is 2.72. The number of ether oxygens (including phenoxy) is 1. The van der Waals surface area contributed by atoms with E-state index in [1.165, 1.54) is 12.4 Å². The van der Waals surface area contributed by atoms with E-state index in [1.54, 1.807) is 24.3 Å². The molecule has 25 heavy (non-hydrogen) atoms. The molecule has 0 spiro atoms. The number of primary amides is 1.